The third kappa shape index (κ3) is 4.14. The first-order valence-corrected chi connectivity index (χ1v) is 10.2. The molecule has 3 aromatic carbocycles. The third-order valence-electron chi connectivity index (χ3n) is 5.69. The van der Waals surface area contributed by atoms with Crippen molar-refractivity contribution in [2.75, 3.05) is 6.61 Å². The molecule has 4 N–H and O–H groups in total. The summed E-state index contributed by atoms with van der Waals surface area (Å²) >= 11 is 0. The van der Waals surface area contributed by atoms with Crippen LogP contribution in [0.1, 0.15) is 16.7 Å². The van der Waals surface area contributed by atoms with Crippen LogP contribution in [0, 0.1) is 0 Å². The van der Waals surface area contributed by atoms with Crippen LogP contribution in [-0.2, 0) is 15.1 Å². The highest BCUT2D eigenvalue weighted by atomic mass is 16.6. The van der Waals surface area contributed by atoms with Gasteiger partial charge in [-0.1, -0.05) is 91.0 Å². The minimum absolute atomic E-state index is 0.138. The summed E-state index contributed by atoms with van der Waals surface area (Å²) in [5, 5.41) is 40.2. The number of ether oxygens (including phenoxy) is 2. The number of hydrogen-bond acceptors (Lipinski definition) is 6. The Morgan fingerprint density at radius 3 is 1.45 bits per heavy atom. The Hall–Kier alpha value is -2.58. The Kier molecular flexibility index (Phi) is 6.48. The van der Waals surface area contributed by atoms with E-state index in [1.165, 1.54) is 0 Å². The lowest BCUT2D eigenvalue weighted by Gasteiger charge is -2.41. The zero-order chi connectivity index (χ0) is 21.8. The third-order valence-corrected chi connectivity index (χ3v) is 5.69. The largest absolute Gasteiger partial charge is 0.387 e. The highest BCUT2D eigenvalue weighted by Crippen LogP contribution is 2.41. The van der Waals surface area contributed by atoms with Crippen molar-refractivity contribution in [3.63, 3.8) is 0 Å². The van der Waals surface area contributed by atoms with Crippen LogP contribution in [0.3, 0.4) is 0 Å². The van der Waals surface area contributed by atoms with E-state index >= 15 is 0 Å². The van der Waals surface area contributed by atoms with Crippen molar-refractivity contribution in [2.45, 2.75) is 36.3 Å². The Balaban J connectivity index is 1.78. The number of aliphatic hydroxyl groups is 4. The molecule has 6 heteroatoms. The maximum atomic E-state index is 10.4. The molecular weight excluding hydrogens is 396 g/mol. The fourth-order valence-electron chi connectivity index (χ4n) is 4.04. The standard InChI is InChI=1S/C25H26O6/c26-21-20(31-24(29)23(28)22(21)27)16-30-25(17-10-4-1-5-11-17,18-12-6-2-7-13-18)19-14-8-3-9-15-19/h1-15,20-24,26-29H,16H2/t20-,21-,22+,23-,24?/m1/s1. The van der Waals surface area contributed by atoms with Crippen LogP contribution in [0.4, 0.5) is 0 Å². The minimum atomic E-state index is -1.62. The molecule has 1 fully saturated rings. The van der Waals surface area contributed by atoms with Crippen LogP contribution in [0.2, 0.25) is 0 Å². The molecule has 4 rings (SSSR count). The summed E-state index contributed by atoms with van der Waals surface area (Å²) in [6.07, 6.45) is -7.21. The summed E-state index contributed by atoms with van der Waals surface area (Å²) in [7, 11) is 0. The zero-order valence-electron chi connectivity index (χ0n) is 16.9. The van der Waals surface area contributed by atoms with Crippen molar-refractivity contribution in [3.8, 4) is 0 Å². The average Bonchev–Trinajstić information content (AvgIpc) is 2.83. The summed E-state index contributed by atoms with van der Waals surface area (Å²) < 4.78 is 11.9. The second-order valence-corrected chi connectivity index (χ2v) is 7.63. The molecule has 0 spiro atoms. The number of benzene rings is 3. The first-order valence-electron chi connectivity index (χ1n) is 10.2. The lowest BCUT2D eigenvalue weighted by atomic mass is 9.80. The van der Waals surface area contributed by atoms with Gasteiger partial charge in [0.2, 0.25) is 0 Å². The van der Waals surface area contributed by atoms with Gasteiger partial charge in [-0.05, 0) is 16.7 Å². The van der Waals surface area contributed by atoms with E-state index in [2.05, 4.69) is 0 Å². The van der Waals surface area contributed by atoms with Gasteiger partial charge in [0.25, 0.3) is 0 Å². The lowest BCUT2D eigenvalue weighted by molar-refractivity contribution is -0.291. The van der Waals surface area contributed by atoms with E-state index in [-0.39, 0.29) is 6.61 Å². The van der Waals surface area contributed by atoms with Gasteiger partial charge >= 0.3 is 0 Å². The molecule has 0 amide bonds. The average molecular weight is 422 g/mol. The highest BCUT2D eigenvalue weighted by molar-refractivity contribution is 5.47. The number of aliphatic hydroxyl groups excluding tert-OH is 4. The van der Waals surface area contributed by atoms with E-state index in [0.29, 0.717) is 0 Å². The molecule has 0 aromatic heterocycles. The predicted molar refractivity (Wildman–Crippen MR) is 114 cm³/mol. The van der Waals surface area contributed by atoms with Gasteiger partial charge < -0.3 is 29.9 Å². The van der Waals surface area contributed by atoms with Crippen molar-refractivity contribution in [1.82, 2.24) is 0 Å². The van der Waals surface area contributed by atoms with Gasteiger partial charge in [-0.3, -0.25) is 0 Å². The molecule has 5 atom stereocenters. The van der Waals surface area contributed by atoms with Gasteiger partial charge in [0.05, 0.1) is 6.61 Å². The van der Waals surface area contributed by atoms with Crippen molar-refractivity contribution in [3.05, 3.63) is 108 Å². The quantitative estimate of drug-likeness (QED) is 0.452. The Labute approximate surface area is 180 Å². The molecule has 1 aliphatic heterocycles. The predicted octanol–water partition coefficient (Wildman–Crippen LogP) is 1.79. The van der Waals surface area contributed by atoms with Crippen molar-refractivity contribution >= 4 is 0 Å². The molecule has 6 nitrogen and oxygen atoms in total. The minimum Gasteiger partial charge on any atom is -0.387 e. The number of rotatable bonds is 6. The van der Waals surface area contributed by atoms with E-state index in [1.54, 1.807) is 0 Å². The summed E-state index contributed by atoms with van der Waals surface area (Å²) in [6, 6.07) is 29.1. The Morgan fingerprint density at radius 1 is 0.613 bits per heavy atom. The molecule has 0 saturated carbocycles. The van der Waals surface area contributed by atoms with E-state index in [0.717, 1.165) is 16.7 Å². The fourth-order valence-corrected chi connectivity index (χ4v) is 4.04. The van der Waals surface area contributed by atoms with Crippen LogP contribution < -0.4 is 0 Å². The summed E-state index contributed by atoms with van der Waals surface area (Å²) in [5.74, 6) is 0. The van der Waals surface area contributed by atoms with Crippen molar-refractivity contribution in [1.29, 1.82) is 0 Å². The van der Waals surface area contributed by atoms with Gasteiger partial charge in [0.15, 0.2) is 6.29 Å². The molecule has 1 unspecified atom stereocenters. The van der Waals surface area contributed by atoms with Crippen LogP contribution >= 0.6 is 0 Å². The molecule has 162 valence electrons. The molecule has 1 aliphatic rings. The van der Waals surface area contributed by atoms with Gasteiger partial charge in [0.1, 0.15) is 30.0 Å². The molecule has 0 bridgehead atoms. The lowest BCUT2D eigenvalue weighted by Crippen LogP contribution is -2.59. The van der Waals surface area contributed by atoms with Gasteiger partial charge in [-0.2, -0.15) is 0 Å². The van der Waals surface area contributed by atoms with E-state index < -0.39 is 36.3 Å². The molecule has 3 aromatic rings. The first kappa shape index (κ1) is 21.6. The molecule has 0 aliphatic carbocycles. The SMILES string of the molecule is OC1O[C@H](COC(c2ccccc2)(c2ccccc2)c2ccccc2)[C@@H](O)[C@H](O)[C@H]1O. The second-order valence-electron chi connectivity index (χ2n) is 7.63. The molecule has 1 saturated heterocycles. The topological polar surface area (TPSA) is 99.4 Å². The van der Waals surface area contributed by atoms with E-state index in [1.807, 2.05) is 91.0 Å². The fraction of sp³-hybridized carbons (Fsp3) is 0.280. The van der Waals surface area contributed by atoms with Crippen LogP contribution in [0.15, 0.2) is 91.0 Å². The normalized spacial score (nSPS) is 26.5. The van der Waals surface area contributed by atoms with Crippen molar-refractivity contribution < 1.29 is 29.9 Å². The van der Waals surface area contributed by atoms with Crippen LogP contribution in [0.25, 0.3) is 0 Å². The van der Waals surface area contributed by atoms with Gasteiger partial charge in [-0.25, -0.2) is 0 Å². The molecule has 1 heterocycles. The molecule has 31 heavy (non-hydrogen) atoms. The van der Waals surface area contributed by atoms with Crippen LogP contribution in [-0.4, -0.2) is 57.7 Å². The second kappa shape index (κ2) is 9.28. The van der Waals surface area contributed by atoms with E-state index in [4.69, 9.17) is 9.47 Å². The maximum Gasteiger partial charge on any atom is 0.184 e. The monoisotopic (exact) mass is 422 g/mol. The molecule has 0 radical (unpaired) electrons. The summed E-state index contributed by atoms with van der Waals surface area (Å²) in [5.41, 5.74) is 1.59. The van der Waals surface area contributed by atoms with Crippen molar-refractivity contribution in [2.24, 2.45) is 0 Å². The van der Waals surface area contributed by atoms with Crippen LogP contribution in [0.5, 0.6) is 0 Å². The summed E-state index contributed by atoms with van der Waals surface area (Å²) in [6.45, 7) is -0.138. The Bertz CT molecular complexity index is 853. The van der Waals surface area contributed by atoms with E-state index in [9.17, 15) is 20.4 Å². The first-order chi connectivity index (χ1) is 15.0. The molecular formula is C25H26O6. The summed E-state index contributed by atoms with van der Waals surface area (Å²) in [4.78, 5) is 0. The Morgan fingerprint density at radius 2 is 1.03 bits per heavy atom. The van der Waals surface area contributed by atoms with Gasteiger partial charge in [0, 0.05) is 0 Å². The smallest absolute Gasteiger partial charge is 0.184 e. The number of hydrogen-bond donors (Lipinski definition) is 4. The highest BCUT2D eigenvalue weighted by Gasteiger charge is 2.45. The zero-order valence-corrected chi connectivity index (χ0v) is 16.9. The maximum absolute atomic E-state index is 10.4. The van der Waals surface area contributed by atoms with Gasteiger partial charge in [-0.15, -0.1) is 0 Å².